The third-order valence-electron chi connectivity index (χ3n) is 5.67. The highest BCUT2D eigenvalue weighted by Gasteiger charge is 2.20. The summed E-state index contributed by atoms with van der Waals surface area (Å²) in [4.78, 5) is 41.6. The minimum Gasteiger partial charge on any atom is -0.453 e. The van der Waals surface area contributed by atoms with Gasteiger partial charge in [-0.3, -0.25) is 19.0 Å². The van der Waals surface area contributed by atoms with Crippen LogP contribution in [0.5, 0.6) is 0 Å². The number of amides is 1. The zero-order chi connectivity index (χ0) is 22.0. The molecule has 31 heavy (non-hydrogen) atoms. The van der Waals surface area contributed by atoms with Crippen LogP contribution in [0.3, 0.4) is 0 Å². The number of rotatable bonds is 6. The molecule has 1 amide bonds. The number of nitrogens with zero attached hydrogens (tertiary/aromatic N) is 2. The van der Waals surface area contributed by atoms with Crippen LogP contribution in [0, 0.1) is 0 Å². The number of esters is 1. The van der Waals surface area contributed by atoms with Crippen molar-refractivity contribution in [1.82, 2.24) is 9.55 Å². The van der Waals surface area contributed by atoms with E-state index in [0.717, 1.165) is 19.3 Å². The minimum atomic E-state index is -0.922. The molecular formula is C24H25N3O4. The van der Waals surface area contributed by atoms with Gasteiger partial charge in [0.25, 0.3) is 11.5 Å². The Kier molecular flexibility index (Phi) is 5.84. The third kappa shape index (κ3) is 4.50. The summed E-state index contributed by atoms with van der Waals surface area (Å²) in [6.45, 7) is 1.55. The smallest absolute Gasteiger partial charge is 0.307 e. The number of fused-ring (bicyclic) bond motifs is 2. The van der Waals surface area contributed by atoms with Gasteiger partial charge in [-0.05, 0) is 61.6 Å². The minimum absolute atomic E-state index is 0.0229. The lowest BCUT2D eigenvalue weighted by atomic mass is 10.1. The fourth-order valence-electron chi connectivity index (χ4n) is 3.90. The van der Waals surface area contributed by atoms with E-state index in [2.05, 4.69) is 10.3 Å². The highest BCUT2D eigenvalue weighted by molar-refractivity contribution is 5.95. The van der Waals surface area contributed by atoms with Gasteiger partial charge in [-0.15, -0.1) is 0 Å². The van der Waals surface area contributed by atoms with Crippen molar-refractivity contribution in [3.63, 3.8) is 0 Å². The summed E-state index contributed by atoms with van der Waals surface area (Å²) in [6, 6.07) is 13.0. The summed E-state index contributed by atoms with van der Waals surface area (Å²) < 4.78 is 6.73. The van der Waals surface area contributed by atoms with Crippen molar-refractivity contribution in [2.24, 2.45) is 7.05 Å². The lowest BCUT2D eigenvalue weighted by Crippen LogP contribution is -2.30. The Hall–Kier alpha value is -3.48. The van der Waals surface area contributed by atoms with Gasteiger partial charge in [0.15, 0.2) is 6.10 Å². The van der Waals surface area contributed by atoms with E-state index in [-0.39, 0.29) is 24.3 Å². The fraction of sp³-hybridized carbons (Fsp3) is 0.333. The van der Waals surface area contributed by atoms with E-state index < -0.39 is 12.1 Å². The summed E-state index contributed by atoms with van der Waals surface area (Å²) in [5.74, 6) is -0.391. The van der Waals surface area contributed by atoms with E-state index in [0.29, 0.717) is 22.4 Å². The Morgan fingerprint density at radius 3 is 2.77 bits per heavy atom. The van der Waals surface area contributed by atoms with Crippen LogP contribution in [0.4, 0.5) is 5.69 Å². The van der Waals surface area contributed by atoms with E-state index in [1.807, 2.05) is 24.3 Å². The summed E-state index contributed by atoms with van der Waals surface area (Å²) in [6.07, 6.45) is 2.58. The number of carbonyl (C=O) groups is 2. The van der Waals surface area contributed by atoms with Crippen LogP contribution in [-0.4, -0.2) is 27.5 Å². The quantitative estimate of drug-likeness (QED) is 0.621. The van der Waals surface area contributed by atoms with E-state index in [1.54, 1.807) is 32.2 Å². The van der Waals surface area contributed by atoms with Crippen molar-refractivity contribution in [3.05, 3.63) is 69.8 Å². The molecule has 0 fully saturated rings. The van der Waals surface area contributed by atoms with Gasteiger partial charge in [0.2, 0.25) is 0 Å². The maximum Gasteiger partial charge on any atom is 0.307 e. The molecule has 7 heteroatoms. The van der Waals surface area contributed by atoms with E-state index >= 15 is 0 Å². The summed E-state index contributed by atoms with van der Waals surface area (Å²) >= 11 is 0. The molecule has 0 bridgehead atoms. The van der Waals surface area contributed by atoms with Gasteiger partial charge in [-0.1, -0.05) is 18.2 Å². The molecule has 0 saturated carbocycles. The highest BCUT2D eigenvalue weighted by atomic mass is 16.5. The second-order valence-corrected chi connectivity index (χ2v) is 7.87. The number of benzene rings is 2. The molecule has 2 aromatic carbocycles. The zero-order valence-electron chi connectivity index (χ0n) is 17.7. The Labute approximate surface area is 180 Å². The summed E-state index contributed by atoms with van der Waals surface area (Å²) in [7, 11) is 1.63. The second-order valence-electron chi connectivity index (χ2n) is 7.87. The van der Waals surface area contributed by atoms with Gasteiger partial charge in [0.1, 0.15) is 5.82 Å². The second kappa shape index (κ2) is 8.71. The molecule has 0 unspecified atom stereocenters. The zero-order valence-corrected chi connectivity index (χ0v) is 17.7. The summed E-state index contributed by atoms with van der Waals surface area (Å²) in [5, 5.41) is 3.35. The predicted octanol–water partition coefficient (Wildman–Crippen LogP) is 2.93. The molecule has 160 valence electrons. The molecule has 1 aliphatic rings. The average Bonchev–Trinajstić information content (AvgIpc) is 3.23. The van der Waals surface area contributed by atoms with Crippen LogP contribution >= 0.6 is 0 Å². The van der Waals surface area contributed by atoms with Crippen LogP contribution in [0.25, 0.3) is 10.9 Å². The third-order valence-corrected chi connectivity index (χ3v) is 5.67. The van der Waals surface area contributed by atoms with Gasteiger partial charge in [-0.25, -0.2) is 4.98 Å². The average molecular weight is 419 g/mol. The molecule has 3 aromatic rings. The SMILES string of the molecule is C[C@H](OC(=O)CCc1nc2ccccc2c(=O)n1C)C(=O)Nc1ccc2c(c1)CCC2. The monoisotopic (exact) mass is 419 g/mol. The number of anilines is 1. The Morgan fingerprint density at radius 1 is 1.16 bits per heavy atom. The first-order valence-corrected chi connectivity index (χ1v) is 10.5. The standard InChI is InChI=1S/C24H25N3O4/c1-15(23(29)25-18-11-10-16-6-5-7-17(16)14-18)31-22(28)13-12-21-26-20-9-4-3-8-19(20)24(30)27(21)2/h3-4,8-11,14-15H,5-7,12-13H2,1-2H3,(H,25,29)/t15-/m0/s1. The predicted molar refractivity (Wildman–Crippen MR) is 118 cm³/mol. The number of nitrogens with one attached hydrogen (secondary N) is 1. The van der Waals surface area contributed by atoms with E-state index in [9.17, 15) is 14.4 Å². The lowest BCUT2D eigenvalue weighted by Gasteiger charge is -2.14. The number of hydrogen-bond acceptors (Lipinski definition) is 5. The van der Waals surface area contributed by atoms with Crippen molar-refractivity contribution in [3.8, 4) is 0 Å². The Morgan fingerprint density at radius 2 is 1.94 bits per heavy atom. The first kappa shape index (κ1) is 20.8. The number of aromatic nitrogens is 2. The van der Waals surface area contributed by atoms with Crippen LogP contribution in [0.2, 0.25) is 0 Å². The number of hydrogen-bond donors (Lipinski definition) is 1. The van der Waals surface area contributed by atoms with Crippen LogP contribution < -0.4 is 10.9 Å². The van der Waals surface area contributed by atoms with Gasteiger partial charge in [0, 0.05) is 19.2 Å². The maximum atomic E-state index is 12.5. The molecule has 1 aromatic heterocycles. The highest BCUT2D eigenvalue weighted by Crippen LogP contribution is 2.25. The molecule has 4 rings (SSSR count). The molecule has 1 heterocycles. The van der Waals surface area contributed by atoms with Crippen molar-refractivity contribution < 1.29 is 14.3 Å². The number of ether oxygens (including phenoxy) is 1. The van der Waals surface area contributed by atoms with Crippen LogP contribution in [0.1, 0.15) is 36.7 Å². The van der Waals surface area contributed by atoms with Gasteiger partial charge >= 0.3 is 5.97 Å². The van der Waals surface area contributed by atoms with Crippen molar-refractivity contribution in [2.75, 3.05) is 5.32 Å². The molecule has 0 aliphatic heterocycles. The lowest BCUT2D eigenvalue weighted by molar-refractivity contribution is -0.153. The molecule has 0 spiro atoms. The van der Waals surface area contributed by atoms with E-state index in [4.69, 9.17) is 4.74 Å². The maximum absolute atomic E-state index is 12.5. The molecule has 7 nitrogen and oxygen atoms in total. The van der Waals surface area contributed by atoms with Crippen molar-refractivity contribution in [2.45, 2.75) is 45.1 Å². The first-order valence-electron chi connectivity index (χ1n) is 10.5. The van der Waals surface area contributed by atoms with Gasteiger partial charge < -0.3 is 10.1 Å². The molecular weight excluding hydrogens is 394 g/mol. The van der Waals surface area contributed by atoms with Crippen molar-refractivity contribution in [1.29, 1.82) is 0 Å². The van der Waals surface area contributed by atoms with E-state index in [1.165, 1.54) is 15.7 Å². The Bertz CT molecular complexity index is 1220. The fourth-order valence-corrected chi connectivity index (χ4v) is 3.90. The molecule has 0 radical (unpaired) electrons. The molecule has 0 saturated heterocycles. The largest absolute Gasteiger partial charge is 0.453 e. The molecule has 1 atom stereocenters. The van der Waals surface area contributed by atoms with Crippen LogP contribution in [0.15, 0.2) is 47.3 Å². The summed E-state index contributed by atoms with van der Waals surface area (Å²) in [5.41, 5.74) is 3.74. The molecule has 1 N–H and O–H groups in total. The topological polar surface area (TPSA) is 90.3 Å². The Balaban J connectivity index is 1.34. The molecule has 1 aliphatic carbocycles. The normalized spacial score (nSPS) is 13.6. The first-order chi connectivity index (χ1) is 14.9. The number of para-hydroxylation sites is 1. The van der Waals surface area contributed by atoms with Crippen molar-refractivity contribution >= 4 is 28.5 Å². The number of aryl methyl sites for hydroxylation is 3. The van der Waals surface area contributed by atoms with Gasteiger partial charge in [-0.2, -0.15) is 0 Å². The number of carbonyl (C=O) groups excluding carboxylic acids is 2. The van der Waals surface area contributed by atoms with Crippen LogP contribution in [-0.2, 0) is 40.6 Å². The van der Waals surface area contributed by atoms with Gasteiger partial charge in [0.05, 0.1) is 17.3 Å².